The lowest BCUT2D eigenvalue weighted by Crippen LogP contribution is -2.45. The van der Waals surface area contributed by atoms with Crippen molar-refractivity contribution in [3.63, 3.8) is 0 Å². The topological polar surface area (TPSA) is 93.6 Å². The first kappa shape index (κ1) is 22.1. The monoisotopic (exact) mass is 395 g/mol. The van der Waals surface area contributed by atoms with E-state index in [2.05, 4.69) is 15.6 Å². The van der Waals surface area contributed by atoms with Gasteiger partial charge in [-0.25, -0.2) is 0 Å². The maximum Gasteiger partial charge on any atom is 0.191 e. The molecule has 0 aromatic heterocycles. The van der Waals surface area contributed by atoms with Crippen molar-refractivity contribution < 1.29 is 24.1 Å². The Labute approximate surface area is 167 Å². The number of aliphatic hydroxyl groups is 1. The average molecular weight is 396 g/mol. The third-order valence-electron chi connectivity index (χ3n) is 5.17. The second kappa shape index (κ2) is 11.0. The Kier molecular flexibility index (Phi) is 8.66. The molecule has 1 unspecified atom stereocenters. The summed E-state index contributed by atoms with van der Waals surface area (Å²) in [7, 11) is 6.63. The van der Waals surface area contributed by atoms with Crippen LogP contribution in [0.25, 0.3) is 0 Å². The van der Waals surface area contributed by atoms with Crippen molar-refractivity contribution in [2.75, 3.05) is 61.3 Å². The van der Waals surface area contributed by atoms with Gasteiger partial charge in [-0.15, -0.1) is 0 Å². The molecular weight excluding hydrogens is 362 g/mol. The van der Waals surface area contributed by atoms with Crippen LogP contribution in [0, 0.1) is 5.41 Å². The molecule has 28 heavy (non-hydrogen) atoms. The lowest BCUT2D eigenvalue weighted by molar-refractivity contribution is 0.127. The predicted octanol–water partition coefficient (Wildman–Crippen LogP) is 1.21. The molecule has 1 aromatic rings. The molecule has 1 fully saturated rings. The maximum atomic E-state index is 9.36. The Balaban J connectivity index is 1.94. The number of hydrogen-bond acceptors (Lipinski definition) is 6. The zero-order valence-electron chi connectivity index (χ0n) is 17.3. The quantitative estimate of drug-likeness (QED) is 0.405. The number of nitrogens with zero attached hydrogens (tertiary/aromatic N) is 1. The number of aliphatic imine (C=N–C) groups is 1. The Hall–Kier alpha value is -2.19. The van der Waals surface area contributed by atoms with E-state index in [1.165, 1.54) is 0 Å². The summed E-state index contributed by atoms with van der Waals surface area (Å²) in [6.45, 7) is 2.93. The highest BCUT2D eigenvalue weighted by atomic mass is 16.5. The maximum absolute atomic E-state index is 9.36. The molecule has 1 atom stereocenters. The van der Waals surface area contributed by atoms with Crippen molar-refractivity contribution in [1.29, 1.82) is 0 Å². The van der Waals surface area contributed by atoms with Crippen LogP contribution in [0.2, 0.25) is 0 Å². The predicted molar refractivity (Wildman–Crippen MR) is 109 cm³/mol. The summed E-state index contributed by atoms with van der Waals surface area (Å²) in [5.41, 5.74) is 0.934. The van der Waals surface area contributed by atoms with Crippen molar-refractivity contribution in [2.24, 2.45) is 10.4 Å². The minimum Gasteiger partial charge on any atom is -0.496 e. The molecule has 158 valence electrons. The minimum atomic E-state index is -0.0329. The summed E-state index contributed by atoms with van der Waals surface area (Å²) >= 11 is 0. The number of nitrogens with one attached hydrogen (secondary N) is 2. The second-order valence-corrected chi connectivity index (χ2v) is 6.89. The van der Waals surface area contributed by atoms with Gasteiger partial charge in [0.05, 0.1) is 27.9 Å². The van der Waals surface area contributed by atoms with Gasteiger partial charge in [0.2, 0.25) is 0 Å². The van der Waals surface area contributed by atoms with Gasteiger partial charge in [-0.1, -0.05) is 0 Å². The van der Waals surface area contributed by atoms with Crippen LogP contribution < -0.4 is 24.8 Å². The molecule has 0 radical (unpaired) electrons. The first-order valence-corrected chi connectivity index (χ1v) is 9.53. The lowest BCUT2D eigenvalue weighted by atomic mass is 9.84. The van der Waals surface area contributed by atoms with Crippen LogP contribution in [0.3, 0.4) is 0 Å². The van der Waals surface area contributed by atoms with Gasteiger partial charge in [0.15, 0.2) is 5.96 Å². The van der Waals surface area contributed by atoms with Gasteiger partial charge in [-0.3, -0.25) is 4.99 Å². The van der Waals surface area contributed by atoms with Gasteiger partial charge >= 0.3 is 0 Å². The Morgan fingerprint density at radius 1 is 1.18 bits per heavy atom. The third kappa shape index (κ3) is 5.65. The third-order valence-corrected chi connectivity index (χ3v) is 5.17. The van der Waals surface area contributed by atoms with Crippen molar-refractivity contribution >= 4 is 5.96 Å². The normalized spacial score (nSPS) is 19.4. The lowest BCUT2D eigenvalue weighted by Gasteiger charge is -2.27. The number of ether oxygens (including phenoxy) is 4. The first-order valence-electron chi connectivity index (χ1n) is 9.53. The summed E-state index contributed by atoms with van der Waals surface area (Å²) in [5.74, 6) is 2.86. The van der Waals surface area contributed by atoms with Crippen molar-refractivity contribution in [2.45, 2.75) is 19.3 Å². The fraction of sp³-hybridized carbons (Fsp3) is 0.650. The molecule has 0 amide bonds. The van der Waals surface area contributed by atoms with E-state index in [1.807, 2.05) is 12.1 Å². The van der Waals surface area contributed by atoms with Gasteiger partial charge in [-0.05, 0) is 19.3 Å². The number of rotatable bonds is 10. The van der Waals surface area contributed by atoms with Crippen molar-refractivity contribution in [1.82, 2.24) is 10.6 Å². The molecule has 0 saturated carbocycles. The van der Waals surface area contributed by atoms with Gasteiger partial charge in [0, 0.05) is 56.5 Å². The number of hydrogen-bond donors (Lipinski definition) is 3. The van der Waals surface area contributed by atoms with E-state index < -0.39 is 0 Å². The van der Waals surface area contributed by atoms with E-state index in [0.717, 1.165) is 42.5 Å². The molecule has 1 aliphatic heterocycles. The Morgan fingerprint density at radius 3 is 2.39 bits per heavy atom. The SMILES string of the molecule is CN=C(NCCc1c(OC)cc(OC)cc1OC)NCC1(CCO)CCOC1. The summed E-state index contributed by atoms with van der Waals surface area (Å²) in [5, 5.41) is 16.0. The van der Waals surface area contributed by atoms with Crippen molar-refractivity contribution in [3.8, 4) is 17.2 Å². The van der Waals surface area contributed by atoms with Crippen molar-refractivity contribution in [3.05, 3.63) is 17.7 Å². The van der Waals surface area contributed by atoms with E-state index in [4.69, 9.17) is 18.9 Å². The molecule has 8 nitrogen and oxygen atoms in total. The van der Waals surface area contributed by atoms with Crippen LogP contribution in [-0.4, -0.2) is 72.4 Å². The van der Waals surface area contributed by atoms with Gasteiger partial charge in [-0.2, -0.15) is 0 Å². The summed E-state index contributed by atoms with van der Waals surface area (Å²) < 4.78 is 21.8. The van der Waals surface area contributed by atoms with Crippen LogP contribution in [-0.2, 0) is 11.2 Å². The molecule has 1 heterocycles. The Bertz CT molecular complexity index is 620. The van der Waals surface area contributed by atoms with E-state index in [-0.39, 0.29) is 12.0 Å². The second-order valence-electron chi connectivity index (χ2n) is 6.89. The molecule has 2 rings (SSSR count). The molecule has 3 N–H and O–H groups in total. The fourth-order valence-electron chi connectivity index (χ4n) is 3.43. The molecule has 8 heteroatoms. The highest BCUT2D eigenvalue weighted by molar-refractivity contribution is 5.79. The smallest absolute Gasteiger partial charge is 0.191 e. The van der Waals surface area contributed by atoms with E-state index in [9.17, 15) is 5.11 Å². The number of benzene rings is 1. The molecule has 0 bridgehead atoms. The largest absolute Gasteiger partial charge is 0.496 e. The van der Waals surface area contributed by atoms with E-state index in [1.54, 1.807) is 28.4 Å². The van der Waals surface area contributed by atoms with Gasteiger partial charge in [0.25, 0.3) is 0 Å². The molecule has 0 aliphatic carbocycles. The zero-order valence-corrected chi connectivity index (χ0v) is 17.3. The first-order chi connectivity index (χ1) is 13.6. The van der Waals surface area contributed by atoms with E-state index in [0.29, 0.717) is 31.9 Å². The van der Waals surface area contributed by atoms with Crippen LogP contribution >= 0.6 is 0 Å². The molecule has 0 spiro atoms. The van der Waals surface area contributed by atoms with Crippen LogP contribution in [0.15, 0.2) is 17.1 Å². The van der Waals surface area contributed by atoms with Crippen LogP contribution in [0.4, 0.5) is 0 Å². The zero-order chi connectivity index (χ0) is 20.4. The minimum absolute atomic E-state index is 0.0329. The molecular formula is C20H33N3O5. The fourth-order valence-corrected chi connectivity index (χ4v) is 3.43. The highest BCUT2D eigenvalue weighted by Gasteiger charge is 2.34. The number of aliphatic hydroxyl groups excluding tert-OH is 1. The van der Waals surface area contributed by atoms with E-state index >= 15 is 0 Å². The molecule has 1 aliphatic rings. The average Bonchev–Trinajstić information content (AvgIpc) is 3.19. The number of methoxy groups -OCH3 is 3. The molecule has 1 aromatic carbocycles. The standard InChI is InChI=1S/C20H33N3O5/c1-21-19(23-13-20(6-9-24)7-10-28-14-20)22-8-5-16-17(26-3)11-15(25-2)12-18(16)27-4/h11-12,24H,5-10,13-14H2,1-4H3,(H2,21,22,23). The number of guanidine groups is 1. The van der Waals surface area contributed by atoms with Gasteiger partial charge < -0.3 is 34.7 Å². The summed E-state index contributed by atoms with van der Waals surface area (Å²) in [6, 6.07) is 3.70. The highest BCUT2D eigenvalue weighted by Crippen LogP contribution is 2.34. The van der Waals surface area contributed by atoms with Gasteiger partial charge in [0.1, 0.15) is 17.2 Å². The van der Waals surface area contributed by atoms with Crippen LogP contribution in [0.1, 0.15) is 18.4 Å². The summed E-state index contributed by atoms with van der Waals surface area (Å²) in [6.07, 6.45) is 2.36. The van der Waals surface area contributed by atoms with Crippen LogP contribution in [0.5, 0.6) is 17.2 Å². The summed E-state index contributed by atoms with van der Waals surface area (Å²) in [4.78, 5) is 4.29. The molecule has 1 saturated heterocycles. The Morgan fingerprint density at radius 2 is 1.89 bits per heavy atom.